The Labute approximate surface area is 192 Å². The number of aryl methyl sites for hydroxylation is 1. The molecular formula is C22H29N8O3+. The molecule has 33 heavy (non-hydrogen) atoms. The molecule has 4 heterocycles. The molecular weight excluding hydrogens is 424 g/mol. The Morgan fingerprint density at radius 2 is 2.15 bits per heavy atom. The van der Waals surface area contributed by atoms with E-state index >= 15 is 0 Å². The second-order valence-corrected chi connectivity index (χ2v) is 8.43. The van der Waals surface area contributed by atoms with Crippen LogP contribution in [0.5, 0.6) is 11.6 Å². The SMILES string of the molecule is C[NH2+]c1nc(Nc2cc(-c3nccc(OC)n3)nn2C)cc(O[C@H]2COCC2(C)C)c1C=N. The summed E-state index contributed by atoms with van der Waals surface area (Å²) < 4.78 is 18.8. The van der Waals surface area contributed by atoms with Gasteiger partial charge in [0.2, 0.25) is 11.7 Å². The summed E-state index contributed by atoms with van der Waals surface area (Å²) in [7, 11) is 5.26. The highest BCUT2D eigenvalue weighted by atomic mass is 16.5. The molecule has 1 fully saturated rings. The van der Waals surface area contributed by atoms with Crippen molar-refractivity contribution < 1.29 is 19.5 Å². The number of pyridine rings is 1. The maximum Gasteiger partial charge on any atom is 0.238 e. The lowest BCUT2D eigenvalue weighted by Crippen LogP contribution is -2.73. The van der Waals surface area contributed by atoms with Crippen LogP contribution >= 0.6 is 0 Å². The zero-order valence-electron chi connectivity index (χ0n) is 19.4. The molecule has 0 saturated carbocycles. The standard InChI is InChI=1S/C22H28N8O3/c1-22(2)12-32-11-16(22)33-15-9-17(27-20(24-3)13(15)10-23)26-18-8-14(29-30(18)4)21-25-7-6-19(28-21)31-5/h6-10,16,23H,11-12H2,1-5H3,(H2,24,26,27)/p+1/t16-/m0/s1. The van der Waals surface area contributed by atoms with Gasteiger partial charge < -0.3 is 24.9 Å². The molecule has 11 nitrogen and oxygen atoms in total. The summed E-state index contributed by atoms with van der Waals surface area (Å²) in [6, 6.07) is 5.32. The van der Waals surface area contributed by atoms with Crippen molar-refractivity contribution in [2.45, 2.75) is 20.0 Å². The van der Waals surface area contributed by atoms with E-state index in [4.69, 9.17) is 19.6 Å². The number of rotatable bonds is 8. The van der Waals surface area contributed by atoms with Crippen molar-refractivity contribution in [1.82, 2.24) is 24.7 Å². The summed E-state index contributed by atoms with van der Waals surface area (Å²) in [5.41, 5.74) is 1.10. The van der Waals surface area contributed by atoms with Crippen molar-refractivity contribution in [2.24, 2.45) is 12.5 Å². The molecule has 4 rings (SSSR count). The Bertz CT molecular complexity index is 1160. The molecule has 1 aliphatic heterocycles. The van der Waals surface area contributed by atoms with Crippen LogP contribution in [0, 0.1) is 10.8 Å². The smallest absolute Gasteiger partial charge is 0.238 e. The highest BCUT2D eigenvalue weighted by Crippen LogP contribution is 2.34. The molecule has 0 amide bonds. The van der Waals surface area contributed by atoms with Gasteiger partial charge in [0.05, 0.1) is 27.4 Å². The molecule has 4 N–H and O–H groups in total. The lowest BCUT2D eigenvalue weighted by molar-refractivity contribution is -0.543. The maximum absolute atomic E-state index is 7.90. The van der Waals surface area contributed by atoms with Gasteiger partial charge in [0.15, 0.2) is 5.82 Å². The van der Waals surface area contributed by atoms with Gasteiger partial charge in [-0.25, -0.2) is 4.98 Å². The summed E-state index contributed by atoms with van der Waals surface area (Å²) in [5.74, 6) is 3.43. The van der Waals surface area contributed by atoms with E-state index < -0.39 is 0 Å². The fourth-order valence-electron chi connectivity index (χ4n) is 3.58. The van der Waals surface area contributed by atoms with Crippen LogP contribution in [0.1, 0.15) is 19.4 Å². The number of quaternary nitrogens is 1. The maximum atomic E-state index is 7.90. The molecule has 0 aliphatic carbocycles. The minimum Gasteiger partial charge on any atom is -0.486 e. The lowest BCUT2D eigenvalue weighted by atomic mass is 9.90. The number of hydrogen-bond acceptors (Lipinski definition) is 9. The van der Waals surface area contributed by atoms with E-state index in [1.54, 1.807) is 30.1 Å². The predicted molar refractivity (Wildman–Crippen MR) is 123 cm³/mol. The number of nitrogens with zero attached hydrogens (tertiary/aromatic N) is 5. The van der Waals surface area contributed by atoms with Crippen molar-refractivity contribution in [1.29, 1.82) is 5.41 Å². The third kappa shape index (κ3) is 4.64. The van der Waals surface area contributed by atoms with Crippen molar-refractivity contribution in [3.8, 4) is 23.1 Å². The molecule has 174 valence electrons. The van der Waals surface area contributed by atoms with E-state index in [9.17, 15) is 0 Å². The highest BCUT2D eigenvalue weighted by molar-refractivity contribution is 5.87. The Balaban J connectivity index is 1.65. The Morgan fingerprint density at radius 3 is 2.82 bits per heavy atom. The summed E-state index contributed by atoms with van der Waals surface area (Å²) in [6.45, 7) is 5.36. The quantitative estimate of drug-likeness (QED) is 0.438. The summed E-state index contributed by atoms with van der Waals surface area (Å²) in [4.78, 5) is 13.3. The second kappa shape index (κ2) is 9.12. The van der Waals surface area contributed by atoms with Crippen molar-refractivity contribution >= 4 is 23.7 Å². The van der Waals surface area contributed by atoms with Gasteiger partial charge in [-0.3, -0.25) is 10.00 Å². The van der Waals surface area contributed by atoms with Gasteiger partial charge in [-0.15, -0.1) is 0 Å². The van der Waals surface area contributed by atoms with Gasteiger partial charge in [-0.1, -0.05) is 13.8 Å². The normalized spacial score (nSPS) is 17.1. The van der Waals surface area contributed by atoms with Crippen molar-refractivity contribution in [3.05, 3.63) is 30.0 Å². The number of nitrogens with one attached hydrogen (secondary N) is 2. The zero-order valence-corrected chi connectivity index (χ0v) is 19.4. The minimum atomic E-state index is -0.125. The van der Waals surface area contributed by atoms with Crippen molar-refractivity contribution in [3.63, 3.8) is 0 Å². The van der Waals surface area contributed by atoms with Crippen LogP contribution in [0.15, 0.2) is 24.4 Å². The monoisotopic (exact) mass is 453 g/mol. The van der Waals surface area contributed by atoms with E-state index in [2.05, 4.69) is 39.2 Å². The van der Waals surface area contributed by atoms with E-state index in [1.165, 1.54) is 6.21 Å². The third-order valence-corrected chi connectivity index (χ3v) is 5.56. The summed E-state index contributed by atoms with van der Waals surface area (Å²) in [5, 5.41) is 17.6. The fourth-order valence-corrected chi connectivity index (χ4v) is 3.58. The first-order valence-electron chi connectivity index (χ1n) is 10.6. The van der Waals surface area contributed by atoms with Gasteiger partial charge in [-0.05, 0) is 0 Å². The predicted octanol–water partition coefficient (Wildman–Crippen LogP) is 1.65. The zero-order chi connectivity index (χ0) is 23.6. The number of hydrogen-bond donors (Lipinski definition) is 3. The molecule has 3 aromatic heterocycles. The Morgan fingerprint density at radius 1 is 1.33 bits per heavy atom. The first-order valence-corrected chi connectivity index (χ1v) is 10.6. The first-order chi connectivity index (χ1) is 15.8. The van der Waals surface area contributed by atoms with Crippen LogP contribution in [0.3, 0.4) is 0 Å². The average molecular weight is 454 g/mol. The topological polar surface area (TPSA) is 137 Å². The summed E-state index contributed by atoms with van der Waals surface area (Å²) >= 11 is 0. The fraction of sp³-hybridized carbons (Fsp3) is 0.409. The second-order valence-electron chi connectivity index (χ2n) is 8.43. The van der Waals surface area contributed by atoms with Crippen molar-refractivity contribution in [2.75, 3.05) is 32.7 Å². The summed E-state index contributed by atoms with van der Waals surface area (Å²) in [6.07, 6.45) is 2.78. The molecule has 0 bridgehead atoms. The third-order valence-electron chi connectivity index (χ3n) is 5.56. The molecule has 11 heteroatoms. The molecule has 0 radical (unpaired) electrons. The van der Waals surface area contributed by atoms with E-state index in [-0.39, 0.29) is 11.5 Å². The molecule has 1 aliphatic rings. The van der Waals surface area contributed by atoms with E-state index in [1.807, 2.05) is 25.5 Å². The molecule has 1 atom stereocenters. The van der Waals surface area contributed by atoms with Gasteiger partial charge in [-0.2, -0.15) is 15.1 Å². The van der Waals surface area contributed by atoms with E-state index in [0.717, 1.165) is 0 Å². The number of nitrogens with two attached hydrogens (primary N) is 1. The van der Waals surface area contributed by atoms with Crippen LogP contribution < -0.4 is 20.1 Å². The molecule has 0 spiro atoms. The lowest BCUT2D eigenvalue weighted by Gasteiger charge is -2.26. The number of methoxy groups -OCH3 is 1. The van der Waals surface area contributed by atoms with Gasteiger partial charge in [0, 0.05) is 43.1 Å². The largest absolute Gasteiger partial charge is 0.486 e. The van der Waals surface area contributed by atoms with Gasteiger partial charge >= 0.3 is 0 Å². The van der Waals surface area contributed by atoms with Crippen LogP contribution in [0.2, 0.25) is 0 Å². The molecule has 0 aromatic carbocycles. The van der Waals surface area contributed by atoms with Crippen LogP contribution in [-0.2, 0) is 11.8 Å². The van der Waals surface area contributed by atoms with E-state index in [0.29, 0.717) is 59.4 Å². The highest BCUT2D eigenvalue weighted by Gasteiger charge is 2.38. The van der Waals surface area contributed by atoms with Gasteiger partial charge in [0.1, 0.15) is 34.7 Å². The molecule has 0 unspecified atom stereocenters. The van der Waals surface area contributed by atoms with Crippen LogP contribution in [0.25, 0.3) is 11.5 Å². The van der Waals surface area contributed by atoms with Crippen LogP contribution in [-0.4, -0.2) is 64.4 Å². The number of anilines is 2. The van der Waals surface area contributed by atoms with Crippen LogP contribution in [0.4, 0.5) is 17.5 Å². The number of aromatic nitrogens is 5. The molecule has 3 aromatic rings. The average Bonchev–Trinajstić information content (AvgIpc) is 3.34. The molecule has 1 saturated heterocycles. The Hall–Kier alpha value is -3.57. The van der Waals surface area contributed by atoms with Gasteiger partial charge in [0.25, 0.3) is 0 Å². The Kier molecular flexibility index (Phi) is 6.25. The minimum absolute atomic E-state index is 0.121. The number of ether oxygens (including phenoxy) is 3. The first kappa shape index (κ1) is 22.6.